The maximum atomic E-state index is 4.09. The van der Waals surface area contributed by atoms with Crippen LogP contribution in [0.1, 0.15) is 29.8 Å². The average Bonchev–Trinajstić information content (AvgIpc) is 2.81. The second-order valence-electron chi connectivity index (χ2n) is 4.18. The second kappa shape index (κ2) is 7.02. The number of nitrogens with one attached hydrogen (secondary N) is 1. The fraction of sp³-hybridized carbons (Fsp3) is 0.357. The molecule has 2 aromatic rings. The van der Waals surface area contributed by atoms with Crippen molar-refractivity contribution in [3.8, 4) is 0 Å². The number of hydrogen-bond acceptors (Lipinski definition) is 3. The molecule has 96 valence electrons. The van der Waals surface area contributed by atoms with E-state index in [0.29, 0.717) is 6.04 Å². The molecule has 1 unspecified atom stereocenters. The molecule has 0 aliphatic rings. The minimum absolute atomic E-state index is 0.364. The summed E-state index contributed by atoms with van der Waals surface area (Å²) in [6.45, 7) is 3.23. The molecule has 0 spiro atoms. The minimum Gasteiger partial charge on any atom is -0.310 e. The summed E-state index contributed by atoms with van der Waals surface area (Å²) in [5.74, 6) is 0. The predicted octanol–water partition coefficient (Wildman–Crippen LogP) is 4.19. The monoisotopic (exact) mass is 324 g/mol. The first-order valence-electron chi connectivity index (χ1n) is 6.16. The van der Waals surface area contributed by atoms with E-state index in [1.54, 1.807) is 11.3 Å². The summed E-state index contributed by atoms with van der Waals surface area (Å²) in [6, 6.07) is 6.66. The van der Waals surface area contributed by atoms with Crippen LogP contribution in [0, 0.1) is 0 Å². The quantitative estimate of drug-likeness (QED) is 0.861. The Kier molecular flexibility index (Phi) is 5.35. The summed E-state index contributed by atoms with van der Waals surface area (Å²) in [5.41, 5.74) is 1.30. The highest BCUT2D eigenvalue weighted by molar-refractivity contribution is 9.10. The fourth-order valence-electron chi connectivity index (χ4n) is 1.88. The number of rotatable bonds is 6. The summed E-state index contributed by atoms with van der Waals surface area (Å²) in [6.07, 6.45) is 5.88. The summed E-state index contributed by atoms with van der Waals surface area (Å²) < 4.78 is 1.21. The van der Waals surface area contributed by atoms with Gasteiger partial charge >= 0.3 is 0 Å². The van der Waals surface area contributed by atoms with E-state index in [9.17, 15) is 0 Å². The van der Waals surface area contributed by atoms with Crippen LogP contribution in [0.2, 0.25) is 0 Å². The molecule has 4 heteroatoms. The molecule has 0 fully saturated rings. The first kappa shape index (κ1) is 13.7. The standard InChI is InChI=1S/C14H17BrN2S/c1-2-6-17-13(11-3-7-16-8-4-11)10-14-12(15)5-9-18-14/h3-5,7-9,13,17H,2,6,10H2,1H3. The van der Waals surface area contributed by atoms with Crippen LogP contribution in [0.15, 0.2) is 40.4 Å². The Labute approximate surface area is 121 Å². The van der Waals surface area contributed by atoms with Crippen molar-refractivity contribution in [2.45, 2.75) is 25.8 Å². The number of thiophene rings is 1. The lowest BCUT2D eigenvalue weighted by atomic mass is 10.0. The van der Waals surface area contributed by atoms with Crippen molar-refractivity contribution in [2.75, 3.05) is 6.54 Å². The molecule has 2 heterocycles. The molecule has 0 radical (unpaired) electrons. The Bertz CT molecular complexity index is 470. The lowest BCUT2D eigenvalue weighted by Gasteiger charge is -2.18. The largest absolute Gasteiger partial charge is 0.310 e. The fourth-order valence-corrected chi connectivity index (χ4v) is 3.44. The Morgan fingerprint density at radius 2 is 2.11 bits per heavy atom. The lowest BCUT2D eigenvalue weighted by Crippen LogP contribution is -2.23. The molecule has 0 aliphatic carbocycles. The van der Waals surface area contributed by atoms with Crippen LogP contribution in [0.4, 0.5) is 0 Å². The highest BCUT2D eigenvalue weighted by atomic mass is 79.9. The van der Waals surface area contributed by atoms with Gasteiger partial charge in [-0.05, 0) is 58.0 Å². The van der Waals surface area contributed by atoms with Gasteiger partial charge < -0.3 is 5.32 Å². The normalized spacial score (nSPS) is 12.6. The summed E-state index contributed by atoms with van der Waals surface area (Å²) in [4.78, 5) is 5.48. The van der Waals surface area contributed by atoms with Crippen molar-refractivity contribution in [1.29, 1.82) is 0 Å². The van der Waals surface area contributed by atoms with Crippen LogP contribution in [-0.4, -0.2) is 11.5 Å². The molecular weight excluding hydrogens is 308 g/mol. The Balaban J connectivity index is 2.13. The van der Waals surface area contributed by atoms with Gasteiger partial charge in [0.2, 0.25) is 0 Å². The van der Waals surface area contributed by atoms with Gasteiger partial charge in [0.15, 0.2) is 0 Å². The molecule has 0 bridgehead atoms. The lowest BCUT2D eigenvalue weighted by molar-refractivity contribution is 0.531. The molecule has 1 N–H and O–H groups in total. The van der Waals surface area contributed by atoms with Crippen LogP contribution in [0.5, 0.6) is 0 Å². The zero-order chi connectivity index (χ0) is 12.8. The van der Waals surface area contributed by atoms with Gasteiger partial charge in [-0.2, -0.15) is 0 Å². The number of pyridine rings is 1. The predicted molar refractivity (Wildman–Crippen MR) is 81.0 cm³/mol. The van der Waals surface area contributed by atoms with Gasteiger partial charge in [-0.1, -0.05) is 6.92 Å². The number of halogens is 1. The first-order valence-corrected chi connectivity index (χ1v) is 7.83. The molecule has 2 rings (SSSR count). The second-order valence-corrected chi connectivity index (χ2v) is 6.04. The van der Waals surface area contributed by atoms with Crippen molar-refractivity contribution in [2.24, 2.45) is 0 Å². The Morgan fingerprint density at radius 3 is 2.72 bits per heavy atom. The molecule has 2 aromatic heterocycles. The Hall–Kier alpha value is -0.710. The maximum Gasteiger partial charge on any atom is 0.0370 e. The first-order chi connectivity index (χ1) is 8.81. The third-order valence-corrected chi connectivity index (χ3v) is 4.78. The van der Waals surface area contributed by atoms with Gasteiger partial charge in [-0.25, -0.2) is 0 Å². The van der Waals surface area contributed by atoms with E-state index >= 15 is 0 Å². The van der Waals surface area contributed by atoms with Crippen molar-refractivity contribution >= 4 is 27.3 Å². The van der Waals surface area contributed by atoms with E-state index in [-0.39, 0.29) is 0 Å². The highest BCUT2D eigenvalue weighted by Crippen LogP contribution is 2.28. The van der Waals surface area contributed by atoms with Crippen LogP contribution in [-0.2, 0) is 6.42 Å². The van der Waals surface area contributed by atoms with Crippen LogP contribution < -0.4 is 5.32 Å². The van der Waals surface area contributed by atoms with E-state index in [0.717, 1.165) is 19.4 Å². The third kappa shape index (κ3) is 3.64. The molecule has 18 heavy (non-hydrogen) atoms. The van der Waals surface area contributed by atoms with Crippen molar-refractivity contribution < 1.29 is 0 Å². The zero-order valence-corrected chi connectivity index (χ0v) is 12.8. The average molecular weight is 325 g/mol. The van der Waals surface area contributed by atoms with Crippen LogP contribution >= 0.6 is 27.3 Å². The number of hydrogen-bond donors (Lipinski definition) is 1. The van der Waals surface area contributed by atoms with Gasteiger partial charge in [0.1, 0.15) is 0 Å². The third-order valence-electron chi connectivity index (χ3n) is 2.83. The maximum absolute atomic E-state index is 4.09. The van der Waals surface area contributed by atoms with Crippen molar-refractivity contribution in [1.82, 2.24) is 10.3 Å². The SMILES string of the molecule is CCCNC(Cc1sccc1Br)c1ccncc1. The van der Waals surface area contributed by atoms with Crippen LogP contribution in [0.3, 0.4) is 0 Å². The number of nitrogens with zero attached hydrogens (tertiary/aromatic N) is 1. The molecule has 0 saturated carbocycles. The van der Waals surface area contributed by atoms with Crippen molar-refractivity contribution in [3.63, 3.8) is 0 Å². The summed E-state index contributed by atoms with van der Waals surface area (Å²) in [7, 11) is 0. The van der Waals surface area contributed by atoms with Gasteiger partial charge in [-0.15, -0.1) is 11.3 Å². The smallest absolute Gasteiger partial charge is 0.0370 e. The van der Waals surface area contributed by atoms with Crippen molar-refractivity contribution in [3.05, 3.63) is 50.9 Å². The molecule has 2 nitrogen and oxygen atoms in total. The van der Waals surface area contributed by atoms with Gasteiger partial charge in [0, 0.05) is 34.2 Å². The van der Waals surface area contributed by atoms with E-state index in [1.165, 1.54) is 14.9 Å². The zero-order valence-electron chi connectivity index (χ0n) is 10.4. The number of aromatic nitrogens is 1. The van der Waals surface area contributed by atoms with E-state index in [1.807, 2.05) is 12.4 Å². The Morgan fingerprint density at radius 1 is 1.33 bits per heavy atom. The summed E-state index contributed by atoms with van der Waals surface area (Å²) in [5, 5.41) is 5.74. The van der Waals surface area contributed by atoms with E-state index < -0.39 is 0 Å². The molecule has 0 saturated heterocycles. The topological polar surface area (TPSA) is 24.9 Å². The molecule has 0 aliphatic heterocycles. The minimum atomic E-state index is 0.364. The van der Waals surface area contributed by atoms with E-state index in [4.69, 9.17) is 0 Å². The molecule has 0 amide bonds. The van der Waals surface area contributed by atoms with Gasteiger partial charge in [-0.3, -0.25) is 4.98 Å². The molecule has 0 aromatic carbocycles. The molecule has 1 atom stereocenters. The molecular formula is C14H17BrN2S. The summed E-state index contributed by atoms with van der Waals surface area (Å²) >= 11 is 5.41. The highest BCUT2D eigenvalue weighted by Gasteiger charge is 2.13. The van der Waals surface area contributed by atoms with Gasteiger partial charge in [0.25, 0.3) is 0 Å². The van der Waals surface area contributed by atoms with E-state index in [2.05, 4.69) is 56.7 Å². The van der Waals surface area contributed by atoms with Crippen LogP contribution in [0.25, 0.3) is 0 Å². The van der Waals surface area contributed by atoms with Gasteiger partial charge in [0.05, 0.1) is 0 Å².